The van der Waals surface area contributed by atoms with E-state index in [1.807, 2.05) is 44.0 Å². The van der Waals surface area contributed by atoms with Crippen molar-refractivity contribution in [2.75, 3.05) is 26.8 Å². The summed E-state index contributed by atoms with van der Waals surface area (Å²) in [5.74, 6) is 2.25. The molecule has 26 heavy (non-hydrogen) atoms. The van der Waals surface area contributed by atoms with Gasteiger partial charge in [-0.25, -0.2) is 4.79 Å². The fraction of sp³-hybridized carbons (Fsp3) is 0.667. The third kappa shape index (κ3) is 5.82. The first-order valence-electron chi connectivity index (χ1n) is 9.94. The van der Waals surface area contributed by atoms with Gasteiger partial charge in [0.1, 0.15) is 0 Å². The van der Waals surface area contributed by atoms with Crippen LogP contribution in [-0.2, 0) is 6.42 Å². The van der Waals surface area contributed by atoms with Crippen LogP contribution < -0.4 is 14.8 Å². The largest absolute Gasteiger partial charge is 0.490 e. The van der Waals surface area contributed by atoms with Crippen molar-refractivity contribution in [2.45, 2.75) is 58.9 Å². The molecule has 0 bridgehead atoms. The summed E-state index contributed by atoms with van der Waals surface area (Å²) in [6, 6.07) is 6.38. The maximum atomic E-state index is 12.4. The van der Waals surface area contributed by atoms with Crippen LogP contribution >= 0.6 is 0 Å². The predicted molar refractivity (Wildman–Crippen MR) is 105 cm³/mol. The highest BCUT2D eigenvalue weighted by Crippen LogP contribution is 2.29. The Morgan fingerprint density at radius 2 is 1.92 bits per heavy atom. The maximum absolute atomic E-state index is 12.4. The van der Waals surface area contributed by atoms with Crippen LogP contribution in [0.15, 0.2) is 18.2 Å². The number of hydrogen-bond acceptors (Lipinski definition) is 3. The van der Waals surface area contributed by atoms with E-state index in [1.54, 1.807) is 0 Å². The van der Waals surface area contributed by atoms with Crippen molar-refractivity contribution in [3.05, 3.63) is 23.8 Å². The molecule has 5 heteroatoms. The number of urea groups is 1. The SMILES string of the molecule is CCOc1ccc(CCNC(=O)N(C)C2CCCC(C)C2)cc1OCC. The molecule has 1 fully saturated rings. The van der Waals surface area contributed by atoms with Gasteiger partial charge in [0, 0.05) is 19.6 Å². The molecular weight excluding hydrogens is 328 g/mol. The molecule has 0 aromatic heterocycles. The standard InChI is InChI=1S/C21H34N2O3/c1-5-25-19-11-10-17(15-20(19)26-6-2)12-13-22-21(24)23(4)18-9-7-8-16(3)14-18/h10-11,15-16,18H,5-9,12-14H2,1-4H3,(H,22,24). The minimum Gasteiger partial charge on any atom is -0.490 e. The predicted octanol–water partition coefficient (Wildman–Crippen LogP) is 4.25. The molecule has 5 nitrogen and oxygen atoms in total. The van der Waals surface area contributed by atoms with Gasteiger partial charge in [-0.3, -0.25) is 0 Å². The van der Waals surface area contributed by atoms with Crippen molar-refractivity contribution in [3.8, 4) is 11.5 Å². The maximum Gasteiger partial charge on any atom is 0.317 e. The van der Waals surface area contributed by atoms with Gasteiger partial charge in [-0.05, 0) is 56.7 Å². The van der Waals surface area contributed by atoms with E-state index in [1.165, 1.54) is 12.8 Å². The number of carbonyl (C=O) groups excluding carboxylic acids is 1. The monoisotopic (exact) mass is 362 g/mol. The Balaban J connectivity index is 1.84. The second-order valence-electron chi connectivity index (χ2n) is 7.17. The van der Waals surface area contributed by atoms with Crippen molar-refractivity contribution in [2.24, 2.45) is 5.92 Å². The third-order valence-corrected chi connectivity index (χ3v) is 5.07. The molecule has 0 radical (unpaired) electrons. The normalized spacial score (nSPS) is 19.7. The number of rotatable bonds is 8. The lowest BCUT2D eigenvalue weighted by Crippen LogP contribution is -2.45. The fourth-order valence-electron chi connectivity index (χ4n) is 3.61. The Morgan fingerprint density at radius 3 is 2.62 bits per heavy atom. The molecule has 2 amide bonds. The van der Waals surface area contributed by atoms with Crippen molar-refractivity contribution >= 4 is 6.03 Å². The molecule has 146 valence electrons. The van der Waals surface area contributed by atoms with E-state index in [-0.39, 0.29) is 6.03 Å². The first kappa shape index (κ1) is 20.4. The smallest absolute Gasteiger partial charge is 0.317 e. The van der Waals surface area contributed by atoms with Gasteiger partial charge in [-0.2, -0.15) is 0 Å². The summed E-state index contributed by atoms with van der Waals surface area (Å²) in [6.45, 7) is 8.03. The second kappa shape index (κ2) is 10.3. The number of nitrogens with zero attached hydrogens (tertiary/aromatic N) is 1. The molecule has 1 aromatic carbocycles. The van der Waals surface area contributed by atoms with E-state index in [2.05, 4.69) is 12.2 Å². The quantitative estimate of drug-likeness (QED) is 0.752. The molecule has 0 heterocycles. The lowest BCUT2D eigenvalue weighted by atomic mass is 9.86. The summed E-state index contributed by atoms with van der Waals surface area (Å²) in [5, 5.41) is 3.05. The first-order chi connectivity index (χ1) is 12.5. The number of hydrogen-bond donors (Lipinski definition) is 1. The Kier molecular flexibility index (Phi) is 8.07. The van der Waals surface area contributed by atoms with Gasteiger partial charge in [0.15, 0.2) is 11.5 Å². The zero-order valence-electron chi connectivity index (χ0n) is 16.7. The highest BCUT2D eigenvalue weighted by atomic mass is 16.5. The highest BCUT2D eigenvalue weighted by Gasteiger charge is 2.25. The average molecular weight is 363 g/mol. The Labute approximate surface area is 158 Å². The van der Waals surface area contributed by atoms with Crippen LogP contribution in [0.3, 0.4) is 0 Å². The third-order valence-electron chi connectivity index (χ3n) is 5.07. The van der Waals surface area contributed by atoms with E-state index < -0.39 is 0 Å². The number of amides is 2. The van der Waals surface area contributed by atoms with Crippen LogP contribution in [0.4, 0.5) is 4.79 Å². The molecule has 1 aliphatic carbocycles. The van der Waals surface area contributed by atoms with Gasteiger partial charge in [-0.1, -0.05) is 25.8 Å². The van der Waals surface area contributed by atoms with E-state index in [4.69, 9.17) is 9.47 Å². The summed E-state index contributed by atoms with van der Waals surface area (Å²) in [6.07, 6.45) is 5.50. The summed E-state index contributed by atoms with van der Waals surface area (Å²) in [7, 11) is 1.92. The minimum atomic E-state index is 0.0278. The van der Waals surface area contributed by atoms with Gasteiger partial charge in [0.2, 0.25) is 0 Å². The molecule has 1 saturated carbocycles. The lowest BCUT2D eigenvalue weighted by Gasteiger charge is -2.34. The summed E-state index contributed by atoms with van der Waals surface area (Å²) >= 11 is 0. The lowest BCUT2D eigenvalue weighted by molar-refractivity contribution is 0.160. The van der Waals surface area contributed by atoms with E-state index in [0.717, 1.165) is 36.3 Å². The minimum absolute atomic E-state index is 0.0278. The van der Waals surface area contributed by atoms with Crippen LogP contribution in [-0.4, -0.2) is 43.8 Å². The number of nitrogens with one attached hydrogen (secondary N) is 1. The zero-order chi connectivity index (χ0) is 18.9. The molecule has 1 aromatic rings. The van der Waals surface area contributed by atoms with Gasteiger partial charge in [0.05, 0.1) is 13.2 Å². The molecule has 0 spiro atoms. The second-order valence-corrected chi connectivity index (χ2v) is 7.17. The first-order valence-corrected chi connectivity index (χ1v) is 9.94. The van der Waals surface area contributed by atoms with Gasteiger partial charge in [-0.15, -0.1) is 0 Å². The van der Waals surface area contributed by atoms with Crippen molar-refractivity contribution in [1.29, 1.82) is 0 Å². The summed E-state index contributed by atoms with van der Waals surface area (Å²) in [4.78, 5) is 14.3. The molecule has 1 aliphatic rings. The molecular formula is C21H34N2O3. The molecule has 2 unspecified atom stereocenters. The Morgan fingerprint density at radius 1 is 1.19 bits per heavy atom. The van der Waals surface area contributed by atoms with Crippen LogP contribution in [0.25, 0.3) is 0 Å². The molecule has 2 atom stereocenters. The van der Waals surface area contributed by atoms with Gasteiger partial charge in [0.25, 0.3) is 0 Å². The molecule has 0 saturated heterocycles. The fourth-order valence-corrected chi connectivity index (χ4v) is 3.61. The number of carbonyl (C=O) groups is 1. The van der Waals surface area contributed by atoms with Gasteiger partial charge >= 0.3 is 6.03 Å². The van der Waals surface area contributed by atoms with E-state index in [0.29, 0.717) is 31.7 Å². The van der Waals surface area contributed by atoms with Crippen molar-refractivity contribution in [1.82, 2.24) is 10.2 Å². The number of ether oxygens (including phenoxy) is 2. The number of benzene rings is 1. The van der Waals surface area contributed by atoms with Crippen molar-refractivity contribution in [3.63, 3.8) is 0 Å². The average Bonchev–Trinajstić information content (AvgIpc) is 2.63. The van der Waals surface area contributed by atoms with Crippen LogP contribution in [0.1, 0.15) is 52.0 Å². The van der Waals surface area contributed by atoms with Gasteiger partial charge < -0.3 is 19.7 Å². The van der Waals surface area contributed by atoms with Crippen LogP contribution in [0.5, 0.6) is 11.5 Å². The summed E-state index contributed by atoms with van der Waals surface area (Å²) in [5.41, 5.74) is 1.13. The van der Waals surface area contributed by atoms with Crippen molar-refractivity contribution < 1.29 is 14.3 Å². The van der Waals surface area contributed by atoms with E-state index >= 15 is 0 Å². The van der Waals surface area contributed by atoms with Crippen LogP contribution in [0, 0.1) is 5.92 Å². The topological polar surface area (TPSA) is 50.8 Å². The Hall–Kier alpha value is -1.91. The Bertz CT molecular complexity index is 576. The zero-order valence-corrected chi connectivity index (χ0v) is 16.7. The van der Waals surface area contributed by atoms with Crippen LogP contribution in [0.2, 0.25) is 0 Å². The summed E-state index contributed by atoms with van der Waals surface area (Å²) < 4.78 is 11.3. The molecule has 2 rings (SSSR count). The molecule has 0 aliphatic heterocycles. The highest BCUT2D eigenvalue weighted by molar-refractivity contribution is 5.74. The van der Waals surface area contributed by atoms with E-state index in [9.17, 15) is 4.79 Å². The molecule has 1 N–H and O–H groups in total.